The standard InChI is InChI=1S/C16H25NO2/c1-6-7-13-11-8-14(18-4)15(19-5)9-12(11)16(2,3)10-17-13/h8-9,13,17H,6-7,10H2,1-5H3. The van der Waals surface area contributed by atoms with Crippen LogP contribution >= 0.6 is 0 Å². The molecule has 1 aromatic carbocycles. The van der Waals surface area contributed by atoms with Crippen molar-refractivity contribution < 1.29 is 9.47 Å². The van der Waals surface area contributed by atoms with Crippen LogP contribution in [-0.4, -0.2) is 20.8 Å². The smallest absolute Gasteiger partial charge is 0.161 e. The molecule has 1 aliphatic heterocycles. The molecule has 0 aromatic heterocycles. The minimum atomic E-state index is 0.124. The predicted molar refractivity (Wildman–Crippen MR) is 78.2 cm³/mol. The molecule has 1 aromatic rings. The van der Waals surface area contributed by atoms with Crippen LogP contribution in [-0.2, 0) is 5.41 Å². The Balaban J connectivity index is 2.54. The van der Waals surface area contributed by atoms with Crippen molar-refractivity contribution in [2.45, 2.75) is 45.1 Å². The van der Waals surface area contributed by atoms with Gasteiger partial charge in [0.15, 0.2) is 11.5 Å². The Morgan fingerprint density at radius 3 is 2.42 bits per heavy atom. The van der Waals surface area contributed by atoms with Crippen molar-refractivity contribution >= 4 is 0 Å². The second kappa shape index (κ2) is 5.41. The highest BCUT2D eigenvalue weighted by atomic mass is 16.5. The minimum Gasteiger partial charge on any atom is -0.493 e. The van der Waals surface area contributed by atoms with Gasteiger partial charge in [0.2, 0.25) is 0 Å². The molecule has 0 aliphatic carbocycles. The van der Waals surface area contributed by atoms with Crippen LogP contribution in [0, 0.1) is 0 Å². The van der Waals surface area contributed by atoms with E-state index in [0.29, 0.717) is 6.04 Å². The van der Waals surface area contributed by atoms with E-state index in [0.717, 1.165) is 24.5 Å². The van der Waals surface area contributed by atoms with E-state index >= 15 is 0 Å². The summed E-state index contributed by atoms with van der Waals surface area (Å²) in [5.41, 5.74) is 2.86. The molecule has 1 unspecified atom stereocenters. The van der Waals surface area contributed by atoms with Gasteiger partial charge in [-0.2, -0.15) is 0 Å². The molecule has 0 bridgehead atoms. The molecule has 3 heteroatoms. The van der Waals surface area contributed by atoms with Crippen molar-refractivity contribution in [3.63, 3.8) is 0 Å². The second-order valence-electron chi connectivity index (χ2n) is 5.90. The molecule has 0 saturated carbocycles. The van der Waals surface area contributed by atoms with E-state index in [2.05, 4.69) is 38.2 Å². The van der Waals surface area contributed by atoms with Crippen molar-refractivity contribution in [1.82, 2.24) is 5.32 Å². The molecule has 0 spiro atoms. The summed E-state index contributed by atoms with van der Waals surface area (Å²) in [5.74, 6) is 1.65. The fourth-order valence-corrected chi connectivity index (χ4v) is 2.90. The van der Waals surface area contributed by atoms with Gasteiger partial charge in [0.1, 0.15) is 0 Å². The van der Waals surface area contributed by atoms with Crippen molar-refractivity contribution in [1.29, 1.82) is 0 Å². The van der Waals surface area contributed by atoms with E-state index in [9.17, 15) is 0 Å². The number of methoxy groups -OCH3 is 2. The maximum Gasteiger partial charge on any atom is 0.161 e. The Labute approximate surface area is 116 Å². The molecule has 1 N–H and O–H groups in total. The lowest BCUT2D eigenvalue weighted by atomic mass is 9.76. The highest BCUT2D eigenvalue weighted by Gasteiger charge is 2.33. The zero-order valence-electron chi connectivity index (χ0n) is 12.7. The van der Waals surface area contributed by atoms with E-state index in [1.165, 1.54) is 17.5 Å². The first kappa shape index (κ1) is 14.2. The number of nitrogens with one attached hydrogen (secondary N) is 1. The molecule has 1 aliphatic rings. The van der Waals surface area contributed by atoms with Crippen LogP contribution in [0.3, 0.4) is 0 Å². The highest BCUT2D eigenvalue weighted by molar-refractivity contribution is 5.52. The molecule has 0 radical (unpaired) electrons. The number of ether oxygens (including phenoxy) is 2. The lowest BCUT2D eigenvalue weighted by molar-refractivity contribution is 0.338. The predicted octanol–water partition coefficient (Wildman–Crippen LogP) is 3.43. The molecule has 1 atom stereocenters. The van der Waals surface area contributed by atoms with Crippen LogP contribution in [0.5, 0.6) is 11.5 Å². The van der Waals surface area contributed by atoms with Gasteiger partial charge in [0.05, 0.1) is 14.2 Å². The van der Waals surface area contributed by atoms with E-state index in [-0.39, 0.29) is 5.41 Å². The summed E-state index contributed by atoms with van der Waals surface area (Å²) < 4.78 is 10.9. The van der Waals surface area contributed by atoms with Crippen LogP contribution in [0.1, 0.15) is 50.8 Å². The van der Waals surface area contributed by atoms with Crippen LogP contribution in [0.2, 0.25) is 0 Å². The van der Waals surface area contributed by atoms with Gasteiger partial charge in [-0.1, -0.05) is 27.2 Å². The number of rotatable bonds is 4. The average Bonchev–Trinajstić information content (AvgIpc) is 2.41. The van der Waals surface area contributed by atoms with Crippen LogP contribution < -0.4 is 14.8 Å². The molecule has 106 valence electrons. The molecule has 0 saturated heterocycles. The number of hydrogen-bond donors (Lipinski definition) is 1. The van der Waals surface area contributed by atoms with Gasteiger partial charge in [-0.25, -0.2) is 0 Å². The number of fused-ring (bicyclic) bond motifs is 1. The van der Waals surface area contributed by atoms with E-state index in [1.807, 2.05) is 0 Å². The molecule has 19 heavy (non-hydrogen) atoms. The highest BCUT2D eigenvalue weighted by Crippen LogP contribution is 2.42. The average molecular weight is 263 g/mol. The lowest BCUT2D eigenvalue weighted by Crippen LogP contribution is -2.41. The molecular formula is C16H25NO2. The Kier molecular flexibility index (Phi) is 4.04. The molecule has 1 heterocycles. The summed E-state index contributed by atoms with van der Waals surface area (Å²) in [7, 11) is 3.39. The first-order valence-corrected chi connectivity index (χ1v) is 7.03. The number of benzene rings is 1. The third-order valence-electron chi connectivity index (χ3n) is 4.03. The maximum atomic E-state index is 5.45. The van der Waals surface area contributed by atoms with Gasteiger partial charge in [-0.3, -0.25) is 0 Å². The Bertz CT molecular complexity index is 454. The van der Waals surface area contributed by atoms with Crippen LogP contribution in [0.4, 0.5) is 0 Å². The molecular weight excluding hydrogens is 238 g/mol. The van der Waals surface area contributed by atoms with Gasteiger partial charge >= 0.3 is 0 Å². The van der Waals surface area contributed by atoms with Gasteiger partial charge in [-0.15, -0.1) is 0 Å². The zero-order chi connectivity index (χ0) is 14.0. The lowest BCUT2D eigenvalue weighted by Gasteiger charge is -2.38. The second-order valence-corrected chi connectivity index (χ2v) is 5.90. The first-order valence-electron chi connectivity index (χ1n) is 7.03. The monoisotopic (exact) mass is 263 g/mol. The Morgan fingerprint density at radius 1 is 1.21 bits per heavy atom. The normalized spacial score (nSPS) is 20.8. The third kappa shape index (κ3) is 2.57. The van der Waals surface area contributed by atoms with Crippen molar-refractivity contribution in [3.8, 4) is 11.5 Å². The summed E-state index contributed by atoms with van der Waals surface area (Å²) in [6, 6.07) is 4.72. The van der Waals surface area contributed by atoms with E-state index in [1.54, 1.807) is 14.2 Å². The summed E-state index contributed by atoms with van der Waals surface area (Å²) in [6.07, 6.45) is 2.32. The minimum absolute atomic E-state index is 0.124. The Hall–Kier alpha value is -1.22. The molecule has 0 amide bonds. The largest absolute Gasteiger partial charge is 0.493 e. The fraction of sp³-hybridized carbons (Fsp3) is 0.625. The first-order chi connectivity index (χ1) is 9.03. The van der Waals surface area contributed by atoms with E-state index < -0.39 is 0 Å². The third-order valence-corrected chi connectivity index (χ3v) is 4.03. The van der Waals surface area contributed by atoms with Crippen molar-refractivity contribution in [3.05, 3.63) is 23.3 Å². The molecule has 0 fully saturated rings. The van der Waals surface area contributed by atoms with Gasteiger partial charge in [0, 0.05) is 18.0 Å². The molecule has 2 rings (SSSR count). The topological polar surface area (TPSA) is 30.5 Å². The maximum absolute atomic E-state index is 5.45. The molecule has 3 nitrogen and oxygen atoms in total. The van der Waals surface area contributed by atoms with Crippen molar-refractivity contribution in [2.24, 2.45) is 0 Å². The van der Waals surface area contributed by atoms with Crippen LogP contribution in [0.25, 0.3) is 0 Å². The fourth-order valence-electron chi connectivity index (χ4n) is 2.90. The SMILES string of the molecule is CCCC1NCC(C)(C)c2cc(OC)c(OC)cc21. The van der Waals surface area contributed by atoms with Gasteiger partial charge in [-0.05, 0) is 29.7 Å². The Morgan fingerprint density at radius 2 is 1.84 bits per heavy atom. The van der Waals surface area contributed by atoms with Crippen molar-refractivity contribution in [2.75, 3.05) is 20.8 Å². The number of hydrogen-bond acceptors (Lipinski definition) is 3. The zero-order valence-corrected chi connectivity index (χ0v) is 12.7. The van der Waals surface area contributed by atoms with Gasteiger partial charge < -0.3 is 14.8 Å². The quantitative estimate of drug-likeness (QED) is 0.903. The van der Waals surface area contributed by atoms with E-state index in [4.69, 9.17) is 9.47 Å². The van der Waals surface area contributed by atoms with Crippen LogP contribution in [0.15, 0.2) is 12.1 Å². The summed E-state index contributed by atoms with van der Waals surface area (Å²) in [5, 5.41) is 3.66. The summed E-state index contributed by atoms with van der Waals surface area (Å²) in [4.78, 5) is 0. The summed E-state index contributed by atoms with van der Waals surface area (Å²) >= 11 is 0. The summed E-state index contributed by atoms with van der Waals surface area (Å²) in [6.45, 7) is 7.77. The van der Waals surface area contributed by atoms with Gasteiger partial charge in [0.25, 0.3) is 0 Å².